The number of fused-ring (bicyclic) bond motifs is 3. The summed E-state index contributed by atoms with van der Waals surface area (Å²) in [7, 11) is 0. The second-order valence-electron chi connectivity index (χ2n) is 20.3. The van der Waals surface area contributed by atoms with Gasteiger partial charge in [-0.05, 0) is 161 Å². The van der Waals surface area contributed by atoms with E-state index in [1.165, 1.54) is 131 Å². The van der Waals surface area contributed by atoms with Crippen LogP contribution < -0.4 is 0 Å². The van der Waals surface area contributed by atoms with Crippen LogP contribution in [0, 0.1) is 5.92 Å². The fourth-order valence-electron chi connectivity index (χ4n) is 12.1. The summed E-state index contributed by atoms with van der Waals surface area (Å²) in [5, 5.41) is 15.9. The Labute approximate surface area is 381 Å². The van der Waals surface area contributed by atoms with Gasteiger partial charge in [-0.2, -0.15) is 0 Å². The molecular weight excluding hydrogens is 781 g/mol. The Morgan fingerprint density at radius 2 is 0.785 bits per heavy atom. The van der Waals surface area contributed by atoms with Crippen molar-refractivity contribution in [2.75, 3.05) is 0 Å². The summed E-state index contributed by atoms with van der Waals surface area (Å²) in [6, 6.07) is 75.0. The van der Waals surface area contributed by atoms with Crippen molar-refractivity contribution in [2.45, 2.75) is 51.9 Å². The van der Waals surface area contributed by atoms with Gasteiger partial charge >= 0.3 is 0 Å². The molecule has 0 N–H and O–H groups in total. The highest BCUT2D eigenvalue weighted by molar-refractivity contribution is 6.27. The molecule has 65 heavy (non-hydrogen) atoms. The van der Waals surface area contributed by atoms with Crippen LogP contribution in [0.25, 0.3) is 98.0 Å². The molecule has 1 aliphatic rings. The van der Waals surface area contributed by atoms with Gasteiger partial charge in [0.1, 0.15) is 0 Å². The molecule has 0 aromatic heterocycles. The number of rotatable bonds is 6. The zero-order valence-electron chi connectivity index (χ0n) is 37.8. The molecule has 0 saturated heterocycles. The largest absolute Gasteiger partial charge is 0.0713 e. The normalized spacial score (nSPS) is 13.6. The summed E-state index contributed by atoms with van der Waals surface area (Å²) in [4.78, 5) is 0. The molecule has 0 aliphatic heterocycles. The first-order valence-electron chi connectivity index (χ1n) is 23.5. The van der Waals surface area contributed by atoms with Crippen molar-refractivity contribution in [2.24, 2.45) is 5.92 Å². The van der Waals surface area contributed by atoms with E-state index < -0.39 is 5.41 Å². The van der Waals surface area contributed by atoms with E-state index in [1.54, 1.807) is 0 Å². The Kier molecular flexibility index (Phi) is 8.15. The molecule has 0 spiro atoms. The topological polar surface area (TPSA) is 0 Å². The Balaban J connectivity index is 1.04. The summed E-state index contributed by atoms with van der Waals surface area (Å²) in [6.07, 6.45) is 1.09. The molecule has 1 aliphatic carbocycles. The number of benzene rings is 12. The minimum atomic E-state index is -0.553. The predicted molar refractivity (Wildman–Crippen MR) is 279 cm³/mol. The first kappa shape index (κ1) is 38.2. The van der Waals surface area contributed by atoms with Crippen LogP contribution in [-0.4, -0.2) is 0 Å². The van der Waals surface area contributed by atoms with Crippen LogP contribution in [0.4, 0.5) is 0 Å². The number of hydrogen-bond acceptors (Lipinski definition) is 0. The van der Waals surface area contributed by atoms with Crippen molar-refractivity contribution in [3.8, 4) is 33.4 Å². The Morgan fingerprint density at radius 1 is 0.385 bits per heavy atom. The first-order valence-corrected chi connectivity index (χ1v) is 23.5. The SMILES string of the molecule is CC(C)Cc1cc2ccc3ccc(-c4ccc5c(c4)C(c4ccccc4)(c4ccccc4)c4cc(-c6ccc7ccc8cc(C(C)(C)C)cc9ccc6c7c89)ccc4-5)c4ccc(c1)c2c34. The Bertz CT molecular complexity index is 3760. The van der Waals surface area contributed by atoms with Crippen molar-refractivity contribution >= 4 is 64.6 Å². The van der Waals surface area contributed by atoms with E-state index in [0.717, 1.165) is 6.42 Å². The molecule has 0 heterocycles. The van der Waals surface area contributed by atoms with Crippen LogP contribution in [0.2, 0.25) is 0 Å². The summed E-state index contributed by atoms with van der Waals surface area (Å²) < 4.78 is 0. The van der Waals surface area contributed by atoms with Gasteiger partial charge in [0.15, 0.2) is 0 Å². The van der Waals surface area contributed by atoms with Gasteiger partial charge in [-0.1, -0.05) is 217 Å². The zero-order chi connectivity index (χ0) is 43.8. The molecule has 0 amide bonds. The maximum absolute atomic E-state index is 2.53. The van der Waals surface area contributed by atoms with Crippen LogP contribution >= 0.6 is 0 Å². The molecule has 310 valence electrons. The monoisotopic (exact) mass is 830 g/mol. The third kappa shape index (κ3) is 5.56. The standard InChI is InChI=1S/C65H50/c1-39(2)32-40-33-45-18-16-41-20-26-52(56-30-24-46(34-40)60(45)62(41)56)43-22-28-54-55-29-23-44(38-59(55)65(58(54)37-43,49-12-8-6-9-13-49)50-14-10-7-11-15-50)53-27-21-42-17-19-47-35-51(64(3,4)5)36-48-25-31-57(53)63(42)61(47)48/h6-31,33-39H,32H2,1-5H3. The predicted octanol–water partition coefficient (Wildman–Crippen LogP) is 17.7. The molecule has 0 radical (unpaired) electrons. The molecule has 0 nitrogen and oxygen atoms in total. The minimum absolute atomic E-state index is 0.0714. The van der Waals surface area contributed by atoms with Gasteiger partial charge in [-0.3, -0.25) is 0 Å². The van der Waals surface area contributed by atoms with Crippen LogP contribution in [-0.2, 0) is 17.3 Å². The Morgan fingerprint density at radius 3 is 1.23 bits per heavy atom. The lowest BCUT2D eigenvalue weighted by molar-refractivity contribution is 0.591. The second-order valence-corrected chi connectivity index (χ2v) is 20.3. The van der Waals surface area contributed by atoms with Gasteiger partial charge in [0.2, 0.25) is 0 Å². The van der Waals surface area contributed by atoms with Crippen molar-refractivity contribution in [1.29, 1.82) is 0 Å². The molecule has 0 atom stereocenters. The highest BCUT2D eigenvalue weighted by Crippen LogP contribution is 2.58. The summed E-state index contributed by atoms with van der Waals surface area (Å²) in [6.45, 7) is 11.6. The van der Waals surface area contributed by atoms with E-state index >= 15 is 0 Å². The molecular formula is C65H50. The van der Waals surface area contributed by atoms with E-state index in [1.807, 2.05) is 0 Å². The fourth-order valence-corrected chi connectivity index (χ4v) is 12.1. The van der Waals surface area contributed by atoms with E-state index in [0.29, 0.717) is 5.92 Å². The molecule has 12 aromatic rings. The van der Waals surface area contributed by atoms with Crippen molar-refractivity contribution < 1.29 is 0 Å². The third-order valence-electron chi connectivity index (χ3n) is 14.9. The van der Waals surface area contributed by atoms with Crippen LogP contribution in [0.15, 0.2) is 194 Å². The van der Waals surface area contributed by atoms with Gasteiger partial charge in [0, 0.05) is 0 Å². The maximum atomic E-state index is 2.53. The molecule has 0 unspecified atom stereocenters. The highest BCUT2D eigenvalue weighted by atomic mass is 14.5. The van der Waals surface area contributed by atoms with Crippen LogP contribution in [0.1, 0.15) is 68.0 Å². The summed E-state index contributed by atoms with van der Waals surface area (Å²) in [5.74, 6) is 0.612. The average molecular weight is 831 g/mol. The summed E-state index contributed by atoms with van der Waals surface area (Å²) >= 11 is 0. The van der Waals surface area contributed by atoms with Gasteiger partial charge < -0.3 is 0 Å². The quantitative estimate of drug-likeness (QED) is 0.146. The molecule has 12 aromatic carbocycles. The Hall–Kier alpha value is -7.28. The minimum Gasteiger partial charge on any atom is -0.0625 e. The van der Waals surface area contributed by atoms with Crippen molar-refractivity contribution in [3.05, 3.63) is 228 Å². The molecule has 0 fully saturated rings. The lowest BCUT2D eigenvalue weighted by atomic mass is 9.67. The number of hydrogen-bond donors (Lipinski definition) is 0. The van der Waals surface area contributed by atoms with Gasteiger partial charge in [0.25, 0.3) is 0 Å². The average Bonchev–Trinajstić information content (AvgIpc) is 3.61. The summed E-state index contributed by atoms with van der Waals surface area (Å²) in [5.41, 5.74) is 15.1. The van der Waals surface area contributed by atoms with Crippen molar-refractivity contribution in [3.63, 3.8) is 0 Å². The maximum Gasteiger partial charge on any atom is 0.0713 e. The molecule has 0 saturated carbocycles. The van der Waals surface area contributed by atoms with Gasteiger partial charge in [-0.15, -0.1) is 0 Å². The second kappa shape index (κ2) is 13.9. The molecule has 0 bridgehead atoms. The zero-order valence-corrected chi connectivity index (χ0v) is 37.8. The van der Waals surface area contributed by atoms with Crippen LogP contribution in [0.5, 0.6) is 0 Å². The lowest BCUT2D eigenvalue weighted by Gasteiger charge is -2.34. The highest BCUT2D eigenvalue weighted by Gasteiger charge is 2.46. The van der Waals surface area contributed by atoms with E-state index in [4.69, 9.17) is 0 Å². The first-order chi connectivity index (χ1) is 31.6. The molecule has 0 heteroatoms. The lowest BCUT2D eigenvalue weighted by Crippen LogP contribution is -2.28. The fraction of sp³-hybridized carbons (Fsp3) is 0.138. The van der Waals surface area contributed by atoms with E-state index in [9.17, 15) is 0 Å². The van der Waals surface area contributed by atoms with E-state index in [-0.39, 0.29) is 5.41 Å². The van der Waals surface area contributed by atoms with Crippen LogP contribution in [0.3, 0.4) is 0 Å². The smallest absolute Gasteiger partial charge is 0.0625 e. The van der Waals surface area contributed by atoms with Gasteiger partial charge in [-0.25, -0.2) is 0 Å². The molecule has 13 rings (SSSR count). The van der Waals surface area contributed by atoms with Gasteiger partial charge in [0.05, 0.1) is 5.41 Å². The van der Waals surface area contributed by atoms with E-state index in [2.05, 4.69) is 229 Å². The third-order valence-corrected chi connectivity index (χ3v) is 14.9. The van der Waals surface area contributed by atoms with Crippen molar-refractivity contribution in [1.82, 2.24) is 0 Å².